The highest BCUT2D eigenvalue weighted by Gasteiger charge is 2.02. The van der Waals surface area contributed by atoms with Crippen LogP contribution in [0.25, 0.3) is 0 Å². The Kier molecular flexibility index (Phi) is 6.43. The molecular weight excluding hydrogens is 172 g/mol. The van der Waals surface area contributed by atoms with Crippen molar-refractivity contribution in [3.05, 3.63) is 0 Å². The van der Waals surface area contributed by atoms with E-state index in [1.807, 2.05) is 13.8 Å². The first-order chi connectivity index (χ1) is 6.51. The fourth-order valence-corrected chi connectivity index (χ4v) is 1.03. The van der Waals surface area contributed by atoms with E-state index in [9.17, 15) is 0 Å². The summed E-state index contributed by atoms with van der Waals surface area (Å²) in [5.74, 6) is 0. The summed E-state index contributed by atoms with van der Waals surface area (Å²) in [4.78, 5) is 9.14. The Balaban J connectivity index is 4.44. The predicted octanol–water partition coefficient (Wildman–Crippen LogP) is 3.51. The van der Waals surface area contributed by atoms with E-state index in [1.54, 1.807) is 0 Å². The molecule has 0 rings (SSSR count). The lowest BCUT2D eigenvalue weighted by Crippen LogP contribution is -2.12. The van der Waals surface area contributed by atoms with Crippen LogP contribution in [0.4, 0.5) is 0 Å². The molecule has 82 valence electrons. The van der Waals surface area contributed by atoms with E-state index >= 15 is 0 Å². The second-order valence-corrected chi connectivity index (χ2v) is 3.94. The fourth-order valence-electron chi connectivity index (χ4n) is 1.03. The van der Waals surface area contributed by atoms with Crippen molar-refractivity contribution in [3.8, 4) is 0 Å². The predicted molar refractivity (Wildman–Crippen MR) is 65.7 cm³/mol. The summed E-state index contributed by atoms with van der Waals surface area (Å²) in [6.07, 6.45) is 2.18. The average molecular weight is 196 g/mol. The quantitative estimate of drug-likeness (QED) is 0.601. The molecule has 2 heteroatoms. The van der Waals surface area contributed by atoms with Crippen molar-refractivity contribution in [2.45, 2.75) is 66.5 Å². The fraction of sp³-hybridized carbons (Fsp3) is 0.833. The lowest BCUT2D eigenvalue weighted by Gasteiger charge is -2.08. The van der Waals surface area contributed by atoms with Gasteiger partial charge in [0.1, 0.15) is 0 Å². The van der Waals surface area contributed by atoms with Gasteiger partial charge in [0.05, 0.1) is 11.4 Å². The van der Waals surface area contributed by atoms with E-state index in [1.165, 1.54) is 0 Å². The van der Waals surface area contributed by atoms with Gasteiger partial charge >= 0.3 is 0 Å². The van der Waals surface area contributed by atoms with E-state index in [2.05, 4.69) is 37.7 Å². The minimum Gasteiger partial charge on any atom is -0.285 e. The molecule has 0 aromatic heterocycles. The SMILES string of the molecule is CC[C@H](C)N=C(C)C(C)=N[C@@H](C)CC. The molecule has 0 amide bonds. The van der Waals surface area contributed by atoms with Gasteiger partial charge < -0.3 is 0 Å². The summed E-state index contributed by atoms with van der Waals surface area (Å²) in [6.45, 7) is 12.7. The van der Waals surface area contributed by atoms with E-state index in [0.717, 1.165) is 24.3 Å². The molecule has 0 saturated heterocycles. The molecular formula is C12H24N2. The van der Waals surface area contributed by atoms with Crippen LogP contribution in [-0.4, -0.2) is 23.5 Å². The van der Waals surface area contributed by atoms with Crippen LogP contribution in [-0.2, 0) is 0 Å². The maximum Gasteiger partial charge on any atom is 0.0527 e. The summed E-state index contributed by atoms with van der Waals surface area (Å²) in [5.41, 5.74) is 2.17. The molecule has 0 radical (unpaired) electrons. The van der Waals surface area contributed by atoms with E-state index in [0.29, 0.717) is 12.1 Å². The lowest BCUT2D eigenvalue weighted by atomic mass is 10.2. The number of hydrogen-bond acceptors (Lipinski definition) is 2. The average Bonchev–Trinajstić information content (AvgIpc) is 2.17. The number of aliphatic imine (C=N–C) groups is 2. The second-order valence-electron chi connectivity index (χ2n) is 3.94. The van der Waals surface area contributed by atoms with Crippen LogP contribution in [0.15, 0.2) is 9.98 Å². The van der Waals surface area contributed by atoms with Crippen LogP contribution in [0.1, 0.15) is 54.4 Å². The largest absolute Gasteiger partial charge is 0.285 e. The summed E-state index contributed by atoms with van der Waals surface area (Å²) in [7, 11) is 0. The van der Waals surface area contributed by atoms with Crippen LogP contribution in [0.5, 0.6) is 0 Å². The summed E-state index contributed by atoms with van der Waals surface area (Å²) >= 11 is 0. The van der Waals surface area contributed by atoms with Crippen LogP contribution >= 0.6 is 0 Å². The molecule has 0 heterocycles. The standard InChI is InChI=1S/C12H24N2/c1-7-9(3)13-11(5)12(6)14-10(4)8-2/h9-10H,7-8H2,1-6H3/t9-,10-/m0/s1. The van der Waals surface area contributed by atoms with E-state index < -0.39 is 0 Å². The van der Waals surface area contributed by atoms with Crippen LogP contribution in [0.3, 0.4) is 0 Å². The monoisotopic (exact) mass is 196 g/mol. The molecule has 0 aliphatic rings. The second kappa shape index (κ2) is 6.74. The van der Waals surface area contributed by atoms with E-state index in [4.69, 9.17) is 0 Å². The van der Waals surface area contributed by atoms with Gasteiger partial charge in [-0.2, -0.15) is 0 Å². The lowest BCUT2D eigenvalue weighted by molar-refractivity contribution is 0.712. The van der Waals surface area contributed by atoms with Crippen molar-refractivity contribution in [1.29, 1.82) is 0 Å². The molecule has 0 N–H and O–H groups in total. The summed E-state index contributed by atoms with van der Waals surface area (Å²) < 4.78 is 0. The molecule has 0 aliphatic heterocycles. The number of hydrogen-bond donors (Lipinski definition) is 0. The van der Waals surface area contributed by atoms with Crippen molar-refractivity contribution in [2.24, 2.45) is 9.98 Å². The summed E-state index contributed by atoms with van der Waals surface area (Å²) in [6, 6.07) is 0.828. The first-order valence-corrected chi connectivity index (χ1v) is 5.60. The number of rotatable bonds is 5. The Bertz CT molecular complexity index is 192. The number of nitrogens with zero attached hydrogens (tertiary/aromatic N) is 2. The maximum atomic E-state index is 4.57. The van der Waals surface area contributed by atoms with Crippen molar-refractivity contribution < 1.29 is 0 Å². The molecule has 0 saturated carbocycles. The van der Waals surface area contributed by atoms with E-state index in [-0.39, 0.29) is 0 Å². The Labute approximate surface area is 88.5 Å². The highest BCUT2D eigenvalue weighted by molar-refractivity contribution is 6.40. The molecule has 14 heavy (non-hydrogen) atoms. The Morgan fingerprint density at radius 3 is 1.36 bits per heavy atom. The first-order valence-electron chi connectivity index (χ1n) is 5.60. The van der Waals surface area contributed by atoms with Crippen molar-refractivity contribution in [1.82, 2.24) is 0 Å². The van der Waals surface area contributed by atoms with Crippen LogP contribution in [0, 0.1) is 0 Å². The topological polar surface area (TPSA) is 24.7 Å². The van der Waals surface area contributed by atoms with Gasteiger partial charge in [-0.3, -0.25) is 9.98 Å². The zero-order valence-electron chi connectivity index (χ0n) is 10.5. The molecule has 0 aliphatic carbocycles. The van der Waals surface area contributed by atoms with Gasteiger partial charge in [-0.15, -0.1) is 0 Å². The third-order valence-corrected chi connectivity index (χ3v) is 2.53. The Hall–Kier alpha value is -0.660. The van der Waals surface area contributed by atoms with Gasteiger partial charge in [0.25, 0.3) is 0 Å². The van der Waals surface area contributed by atoms with Gasteiger partial charge in [0.15, 0.2) is 0 Å². The highest BCUT2D eigenvalue weighted by atomic mass is 14.8. The van der Waals surface area contributed by atoms with Crippen LogP contribution in [0.2, 0.25) is 0 Å². The molecule has 0 spiro atoms. The maximum absolute atomic E-state index is 4.57. The van der Waals surface area contributed by atoms with Crippen molar-refractivity contribution in [2.75, 3.05) is 0 Å². The molecule has 0 unspecified atom stereocenters. The molecule has 0 bridgehead atoms. The zero-order valence-corrected chi connectivity index (χ0v) is 10.5. The molecule has 2 atom stereocenters. The highest BCUT2D eigenvalue weighted by Crippen LogP contribution is 2.00. The summed E-state index contributed by atoms with van der Waals surface area (Å²) in [5, 5.41) is 0. The Morgan fingerprint density at radius 2 is 1.14 bits per heavy atom. The van der Waals surface area contributed by atoms with Gasteiger partial charge in [0, 0.05) is 12.1 Å². The third-order valence-electron chi connectivity index (χ3n) is 2.53. The van der Waals surface area contributed by atoms with Gasteiger partial charge in [0.2, 0.25) is 0 Å². The Morgan fingerprint density at radius 1 is 0.857 bits per heavy atom. The normalized spacial score (nSPS) is 18.1. The smallest absolute Gasteiger partial charge is 0.0527 e. The van der Waals surface area contributed by atoms with Gasteiger partial charge in [-0.1, -0.05) is 13.8 Å². The van der Waals surface area contributed by atoms with Crippen molar-refractivity contribution >= 4 is 11.4 Å². The zero-order chi connectivity index (χ0) is 11.1. The third kappa shape index (κ3) is 5.15. The minimum atomic E-state index is 0.414. The molecule has 0 aromatic rings. The van der Waals surface area contributed by atoms with Crippen molar-refractivity contribution in [3.63, 3.8) is 0 Å². The van der Waals surface area contributed by atoms with Gasteiger partial charge in [-0.25, -0.2) is 0 Å². The first kappa shape index (κ1) is 13.3. The molecule has 2 nitrogen and oxygen atoms in total. The van der Waals surface area contributed by atoms with Crippen LogP contribution < -0.4 is 0 Å². The van der Waals surface area contributed by atoms with Gasteiger partial charge in [-0.05, 0) is 40.5 Å². The minimum absolute atomic E-state index is 0.414. The molecule has 0 fully saturated rings. The molecule has 0 aromatic carbocycles.